The second-order valence-corrected chi connectivity index (χ2v) is 7.22. The lowest BCUT2D eigenvalue weighted by molar-refractivity contribution is -0.566. The molecule has 5 rings (SSSR count). The summed E-state index contributed by atoms with van der Waals surface area (Å²) in [6, 6.07) is 0. The number of ether oxygens (including phenoxy) is 2. The highest BCUT2D eigenvalue weighted by atomic mass is 17.3. The van der Waals surface area contributed by atoms with Gasteiger partial charge in [-0.25, -0.2) is 9.78 Å². The van der Waals surface area contributed by atoms with Crippen LogP contribution in [0.25, 0.3) is 0 Å². The third-order valence-electron chi connectivity index (χ3n) is 5.97. The minimum absolute atomic E-state index is 0.248. The Balaban J connectivity index is 1.81. The smallest absolute Gasteiger partial charge is 0.201 e. The van der Waals surface area contributed by atoms with Crippen molar-refractivity contribution in [3.63, 3.8) is 0 Å². The molecule has 7 atom stereocenters. The molecule has 5 aliphatic rings. The zero-order valence-corrected chi connectivity index (χ0v) is 12.1. The van der Waals surface area contributed by atoms with Gasteiger partial charge in [0.2, 0.25) is 5.79 Å². The lowest BCUT2D eigenvalue weighted by Gasteiger charge is -2.58. The van der Waals surface area contributed by atoms with Crippen LogP contribution in [0.2, 0.25) is 0 Å². The maximum Gasteiger partial charge on any atom is 0.201 e. The molecule has 1 spiro atoms. The maximum atomic E-state index is 6.16. The Kier molecular flexibility index (Phi) is 2.61. The first kappa shape index (κ1) is 12.6. The van der Waals surface area contributed by atoms with Gasteiger partial charge in [-0.3, -0.25) is 0 Å². The highest BCUT2D eigenvalue weighted by Gasteiger charge is 2.67. The first-order valence-corrected chi connectivity index (χ1v) is 7.71. The Labute approximate surface area is 114 Å². The summed E-state index contributed by atoms with van der Waals surface area (Å²) in [5.41, 5.74) is -0.370. The Morgan fingerprint density at radius 2 is 1.74 bits per heavy atom. The predicted molar refractivity (Wildman–Crippen MR) is 67.9 cm³/mol. The fraction of sp³-hybridized carbons (Fsp3) is 1.00. The summed E-state index contributed by atoms with van der Waals surface area (Å²) < 4.78 is 12.2. The quantitative estimate of drug-likeness (QED) is 0.633. The third-order valence-corrected chi connectivity index (χ3v) is 5.97. The molecule has 4 saturated heterocycles. The second-order valence-electron chi connectivity index (χ2n) is 7.22. The molecule has 0 aromatic heterocycles. The van der Waals surface area contributed by atoms with E-state index in [1.54, 1.807) is 0 Å². The number of hydrogen-bond donors (Lipinski definition) is 0. The average molecular weight is 268 g/mol. The number of fused-ring (bicyclic) bond motifs is 2. The number of rotatable bonds is 0. The largest absolute Gasteiger partial charge is 0.349 e. The summed E-state index contributed by atoms with van der Waals surface area (Å²) in [5.74, 6) is 1.53. The van der Waals surface area contributed by atoms with E-state index in [-0.39, 0.29) is 11.9 Å². The van der Waals surface area contributed by atoms with E-state index in [0.717, 1.165) is 19.4 Å². The van der Waals surface area contributed by atoms with Crippen LogP contribution in [0.4, 0.5) is 0 Å². The van der Waals surface area contributed by atoms with Crippen LogP contribution in [-0.2, 0) is 19.2 Å². The average Bonchev–Trinajstić information content (AvgIpc) is 2.61. The first-order valence-electron chi connectivity index (χ1n) is 7.71. The monoisotopic (exact) mass is 268 g/mol. The Bertz CT molecular complexity index is 386. The van der Waals surface area contributed by atoms with Crippen molar-refractivity contribution in [2.24, 2.45) is 23.7 Å². The van der Waals surface area contributed by atoms with E-state index in [1.807, 2.05) is 6.92 Å². The minimum atomic E-state index is -0.627. The van der Waals surface area contributed by atoms with Crippen LogP contribution in [-0.4, -0.2) is 24.3 Å². The molecule has 0 aromatic carbocycles. The standard InChI is InChI=1S/C15H24O4/c1-9-4-5-11-10(2)8-16-13-15(11)12(9)6-7-14(3,17-13)18-19-15/h9-13H,4-8H2,1-3H3/t9-,10+,11?,12+,13?,14-,15+/m1/s1. The summed E-state index contributed by atoms with van der Waals surface area (Å²) in [6.45, 7) is 7.36. The molecular weight excluding hydrogens is 244 g/mol. The van der Waals surface area contributed by atoms with E-state index in [2.05, 4.69) is 13.8 Å². The first-order chi connectivity index (χ1) is 9.05. The van der Waals surface area contributed by atoms with Gasteiger partial charge in [0.1, 0.15) is 0 Å². The molecule has 0 radical (unpaired) electrons. The zero-order chi connectivity index (χ0) is 13.3. The van der Waals surface area contributed by atoms with Crippen LogP contribution < -0.4 is 0 Å². The fourth-order valence-corrected chi connectivity index (χ4v) is 4.88. The lowest BCUT2D eigenvalue weighted by atomic mass is 9.58. The van der Waals surface area contributed by atoms with Crippen LogP contribution >= 0.6 is 0 Å². The van der Waals surface area contributed by atoms with Crippen LogP contribution in [0.5, 0.6) is 0 Å². The van der Waals surface area contributed by atoms with Crippen molar-refractivity contribution in [1.29, 1.82) is 0 Å². The van der Waals surface area contributed by atoms with Gasteiger partial charge >= 0.3 is 0 Å². The van der Waals surface area contributed by atoms with Crippen molar-refractivity contribution in [1.82, 2.24) is 0 Å². The Morgan fingerprint density at radius 3 is 2.58 bits per heavy atom. The van der Waals surface area contributed by atoms with Crippen molar-refractivity contribution in [2.45, 2.75) is 64.1 Å². The van der Waals surface area contributed by atoms with Gasteiger partial charge in [0.15, 0.2) is 11.9 Å². The highest BCUT2D eigenvalue weighted by molar-refractivity contribution is 5.08. The molecular formula is C15H24O4. The van der Waals surface area contributed by atoms with Crippen LogP contribution in [0, 0.1) is 23.7 Å². The van der Waals surface area contributed by atoms with Crippen molar-refractivity contribution in [2.75, 3.05) is 6.61 Å². The van der Waals surface area contributed by atoms with Crippen molar-refractivity contribution in [3.8, 4) is 0 Å². The van der Waals surface area contributed by atoms with Crippen LogP contribution in [0.3, 0.4) is 0 Å². The molecule has 0 amide bonds. The SMILES string of the molecule is C[C@@H]1CCC2[C@@H](C)COC3O[C@@]4(C)CC[C@@H]1[C@]32OO4. The van der Waals surface area contributed by atoms with E-state index < -0.39 is 5.79 Å². The Morgan fingerprint density at radius 1 is 0.947 bits per heavy atom. The molecule has 108 valence electrons. The van der Waals surface area contributed by atoms with Gasteiger partial charge in [0.25, 0.3) is 0 Å². The molecule has 0 N–H and O–H groups in total. The molecule has 4 heteroatoms. The van der Waals surface area contributed by atoms with Gasteiger partial charge < -0.3 is 9.47 Å². The third kappa shape index (κ3) is 1.54. The van der Waals surface area contributed by atoms with Crippen molar-refractivity contribution < 1.29 is 19.2 Å². The molecule has 19 heavy (non-hydrogen) atoms. The topological polar surface area (TPSA) is 36.9 Å². The number of hydrogen-bond acceptors (Lipinski definition) is 4. The van der Waals surface area contributed by atoms with E-state index in [0.29, 0.717) is 23.7 Å². The molecule has 2 bridgehead atoms. The van der Waals surface area contributed by atoms with Gasteiger partial charge in [-0.2, -0.15) is 0 Å². The molecule has 4 aliphatic heterocycles. The van der Waals surface area contributed by atoms with Crippen LogP contribution in [0.15, 0.2) is 0 Å². The van der Waals surface area contributed by atoms with Gasteiger partial charge in [-0.15, -0.1) is 0 Å². The van der Waals surface area contributed by atoms with E-state index in [9.17, 15) is 0 Å². The van der Waals surface area contributed by atoms with Gasteiger partial charge in [-0.1, -0.05) is 13.8 Å². The van der Waals surface area contributed by atoms with Crippen LogP contribution in [0.1, 0.15) is 46.5 Å². The molecule has 1 saturated carbocycles. The summed E-state index contributed by atoms with van der Waals surface area (Å²) in [7, 11) is 0. The molecule has 2 unspecified atom stereocenters. The van der Waals surface area contributed by atoms with E-state index in [4.69, 9.17) is 19.2 Å². The highest BCUT2D eigenvalue weighted by Crippen LogP contribution is 2.59. The van der Waals surface area contributed by atoms with Crippen molar-refractivity contribution in [3.05, 3.63) is 0 Å². The molecule has 4 nitrogen and oxygen atoms in total. The zero-order valence-electron chi connectivity index (χ0n) is 12.1. The summed E-state index contributed by atoms with van der Waals surface area (Å²) >= 11 is 0. The molecule has 4 heterocycles. The van der Waals surface area contributed by atoms with Gasteiger partial charge in [-0.05, 0) is 43.9 Å². The molecule has 1 aliphatic carbocycles. The van der Waals surface area contributed by atoms with Crippen molar-refractivity contribution >= 4 is 0 Å². The van der Waals surface area contributed by atoms with E-state index in [1.165, 1.54) is 12.8 Å². The summed E-state index contributed by atoms with van der Waals surface area (Å²) in [5, 5.41) is 0. The minimum Gasteiger partial charge on any atom is -0.349 e. The normalized spacial score (nSPS) is 60.5. The summed E-state index contributed by atoms with van der Waals surface area (Å²) in [6.07, 6.45) is 4.24. The Hall–Kier alpha value is -0.160. The van der Waals surface area contributed by atoms with Gasteiger partial charge in [0.05, 0.1) is 6.61 Å². The molecule has 5 fully saturated rings. The lowest BCUT2D eigenvalue weighted by Crippen LogP contribution is -2.68. The second kappa shape index (κ2) is 3.94. The fourth-order valence-electron chi connectivity index (χ4n) is 4.88. The van der Waals surface area contributed by atoms with E-state index >= 15 is 0 Å². The predicted octanol–water partition coefficient (Wildman–Crippen LogP) is 2.87. The molecule has 0 aromatic rings. The summed E-state index contributed by atoms with van der Waals surface area (Å²) in [4.78, 5) is 11.7. The maximum absolute atomic E-state index is 6.16. The van der Waals surface area contributed by atoms with Gasteiger partial charge in [0, 0.05) is 12.3 Å².